The van der Waals surface area contributed by atoms with E-state index in [-0.39, 0.29) is 0 Å². The molecule has 1 aliphatic rings. The molecule has 4 heteroatoms. The number of likely N-dealkylation sites (tertiary alicyclic amines) is 1. The van der Waals surface area contributed by atoms with E-state index in [1.807, 2.05) is 6.92 Å². The van der Waals surface area contributed by atoms with Crippen LogP contribution in [-0.4, -0.2) is 47.6 Å². The van der Waals surface area contributed by atoms with Crippen LogP contribution in [0.5, 0.6) is 0 Å². The summed E-state index contributed by atoms with van der Waals surface area (Å²) in [7, 11) is 2.14. The van der Waals surface area contributed by atoms with Crippen LogP contribution >= 0.6 is 0 Å². The molecule has 0 saturated carbocycles. The van der Waals surface area contributed by atoms with E-state index in [2.05, 4.69) is 47.6 Å². The fourth-order valence-electron chi connectivity index (χ4n) is 2.97. The maximum atomic E-state index is 4.61. The van der Waals surface area contributed by atoms with E-state index in [4.69, 9.17) is 0 Å². The molecule has 0 spiro atoms. The lowest BCUT2D eigenvalue weighted by molar-refractivity contribution is 0.249. The van der Waals surface area contributed by atoms with Gasteiger partial charge in [-0.3, -0.25) is 0 Å². The molecule has 2 heterocycles. The Morgan fingerprint density at radius 1 is 1.15 bits per heavy atom. The summed E-state index contributed by atoms with van der Waals surface area (Å²) < 4.78 is 0. The Bertz CT molecular complexity index is 452. The van der Waals surface area contributed by atoms with Crippen molar-refractivity contribution in [3.63, 3.8) is 0 Å². The fourth-order valence-corrected chi connectivity index (χ4v) is 2.97. The summed E-state index contributed by atoms with van der Waals surface area (Å²) in [5, 5.41) is 0. The molecular formula is C16H28N4. The Kier molecular flexibility index (Phi) is 4.97. The van der Waals surface area contributed by atoms with Crippen molar-refractivity contribution in [3.8, 4) is 0 Å². The summed E-state index contributed by atoms with van der Waals surface area (Å²) >= 11 is 0. The molecule has 0 amide bonds. The number of aromatic nitrogens is 2. The van der Waals surface area contributed by atoms with E-state index in [1.54, 1.807) is 0 Å². The molecule has 1 atom stereocenters. The van der Waals surface area contributed by atoms with Crippen LogP contribution < -0.4 is 4.90 Å². The third-order valence-electron chi connectivity index (χ3n) is 4.48. The lowest BCUT2D eigenvalue weighted by Gasteiger charge is -2.27. The van der Waals surface area contributed by atoms with Crippen LogP contribution in [0.15, 0.2) is 0 Å². The van der Waals surface area contributed by atoms with Crippen molar-refractivity contribution < 1.29 is 0 Å². The highest BCUT2D eigenvalue weighted by molar-refractivity contribution is 5.47. The average molecular weight is 276 g/mol. The first-order valence-electron chi connectivity index (χ1n) is 7.76. The van der Waals surface area contributed by atoms with Gasteiger partial charge < -0.3 is 9.80 Å². The quantitative estimate of drug-likeness (QED) is 0.828. The van der Waals surface area contributed by atoms with Crippen molar-refractivity contribution in [2.75, 3.05) is 31.6 Å². The van der Waals surface area contributed by atoms with Crippen LogP contribution in [0.1, 0.15) is 43.3 Å². The van der Waals surface area contributed by atoms with Crippen molar-refractivity contribution in [3.05, 3.63) is 17.1 Å². The molecule has 1 saturated heterocycles. The largest absolute Gasteiger partial charge is 0.359 e. The van der Waals surface area contributed by atoms with Crippen LogP contribution in [0.3, 0.4) is 0 Å². The second kappa shape index (κ2) is 6.53. The number of hydrogen-bond donors (Lipinski definition) is 0. The van der Waals surface area contributed by atoms with E-state index < -0.39 is 0 Å². The second-order valence-electron chi connectivity index (χ2n) is 6.11. The molecular weight excluding hydrogens is 248 g/mol. The minimum atomic E-state index is 0.671. The van der Waals surface area contributed by atoms with Crippen molar-refractivity contribution in [1.29, 1.82) is 0 Å². The predicted octanol–water partition coefficient (Wildman–Crippen LogP) is 2.71. The van der Waals surface area contributed by atoms with Gasteiger partial charge in [-0.05, 0) is 60.0 Å². The highest BCUT2D eigenvalue weighted by Crippen LogP contribution is 2.20. The Hall–Kier alpha value is -1.16. The van der Waals surface area contributed by atoms with Gasteiger partial charge in [0.05, 0.1) is 0 Å². The molecule has 1 aliphatic heterocycles. The monoisotopic (exact) mass is 276 g/mol. The molecule has 112 valence electrons. The normalized spacial score (nSPS) is 17.4. The summed E-state index contributed by atoms with van der Waals surface area (Å²) in [6.07, 6.45) is 3.92. The highest BCUT2D eigenvalue weighted by Gasteiger charge is 2.19. The van der Waals surface area contributed by atoms with Gasteiger partial charge in [-0.15, -0.1) is 0 Å². The molecule has 1 unspecified atom stereocenters. The molecule has 1 aromatic rings. The Morgan fingerprint density at radius 2 is 1.80 bits per heavy atom. The third-order valence-corrected chi connectivity index (χ3v) is 4.48. The lowest BCUT2D eigenvalue weighted by atomic mass is 10.2. The van der Waals surface area contributed by atoms with Gasteiger partial charge in [0.25, 0.3) is 0 Å². The molecule has 0 bridgehead atoms. The zero-order valence-electron chi connectivity index (χ0n) is 13.6. The minimum absolute atomic E-state index is 0.671. The Balaban J connectivity index is 1.96. The van der Waals surface area contributed by atoms with Gasteiger partial charge in [0.15, 0.2) is 0 Å². The number of anilines is 1. The third kappa shape index (κ3) is 3.48. The SMILES string of the molecule is Cc1nc(C)c(C)c(N(C)CCC(C)N2CCCC2)n1. The molecule has 0 aliphatic carbocycles. The smallest absolute Gasteiger partial charge is 0.135 e. The molecule has 0 aromatic carbocycles. The van der Waals surface area contributed by atoms with E-state index in [0.29, 0.717) is 6.04 Å². The standard InChI is InChI=1S/C16H28N4/c1-12(20-9-6-7-10-20)8-11-19(5)16-13(2)14(3)17-15(4)18-16/h12H,6-11H2,1-5H3. The summed E-state index contributed by atoms with van der Waals surface area (Å²) in [5.74, 6) is 1.95. The Labute approximate surface area is 123 Å². The van der Waals surface area contributed by atoms with E-state index in [0.717, 1.165) is 23.9 Å². The van der Waals surface area contributed by atoms with Crippen molar-refractivity contribution >= 4 is 5.82 Å². The Morgan fingerprint density at radius 3 is 2.45 bits per heavy atom. The molecule has 0 N–H and O–H groups in total. The fraction of sp³-hybridized carbons (Fsp3) is 0.750. The van der Waals surface area contributed by atoms with Crippen LogP contribution in [0.4, 0.5) is 5.82 Å². The van der Waals surface area contributed by atoms with Gasteiger partial charge in [0.1, 0.15) is 11.6 Å². The topological polar surface area (TPSA) is 32.3 Å². The first-order valence-corrected chi connectivity index (χ1v) is 7.76. The minimum Gasteiger partial charge on any atom is -0.359 e. The van der Waals surface area contributed by atoms with Gasteiger partial charge in [0.2, 0.25) is 0 Å². The highest BCUT2D eigenvalue weighted by atomic mass is 15.2. The van der Waals surface area contributed by atoms with Crippen LogP contribution in [-0.2, 0) is 0 Å². The van der Waals surface area contributed by atoms with Gasteiger partial charge in [-0.1, -0.05) is 0 Å². The molecule has 20 heavy (non-hydrogen) atoms. The van der Waals surface area contributed by atoms with Crippen molar-refractivity contribution in [2.45, 2.75) is 53.0 Å². The number of hydrogen-bond acceptors (Lipinski definition) is 4. The predicted molar refractivity (Wildman–Crippen MR) is 84.4 cm³/mol. The number of aryl methyl sites for hydroxylation is 2. The van der Waals surface area contributed by atoms with E-state index >= 15 is 0 Å². The maximum Gasteiger partial charge on any atom is 0.135 e. The maximum absolute atomic E-state index is 4.61. The lowest BCUT2D eigenvalue weighted by Crippen LogP contribution is -2.34. The molecule has 0 radical (unpaired) electrons. The van der Waals surface area contributed by atoms with Crippen LogP contribution in [0.2, 0.25) is 0 Å². The van der Waals surface area contributed by atoms with E-state index in [1.165, 1.54) is 37.9 Å². The summed E-state index contributed by atoms with van der Waals surface area (Å²) in [4.78, 5) is 13.9. The number of rotatable bonds is 5. The van der Waals surface area contributed by atoms with Gasteiger partial charge >= 0.3 is 0 Å². The molecule has 1 aromatic heterocycles. The average Bonchev–Trinajstić information content (AvgIpc) is 2.93. The zero-order chi connectivity index (χ0) is 14.7. The summed E-state index contributed by atoms with van der Waals surface area (Å²) in [6.45, 7) is 12.1. The van der Waals surface area contributed by atoms with E-state index in [9.17, 15) is 0 Å². The summed E-state index contributed by atoms with van der Waals surface area (Å²) in [6, 6.07) is 0.671. The first-order chi connectivity index (χ1) is 9.49. The van der Waals surface area contributed by atoms with Gasteiger partial charge in [-0.25, -0.2) is 9.97 Å². The first kappa shape index (κ1) is 15.2. The molecule has 4 nitrogen and oxygen atoms in total. The van der Waals surface area contributed by atoms with Gasteiger partial charge in [0, 0.05) is 30.9 Å². The van der Waals surface area contributed by atoms with Crippen molar-refractivity contribution in [2.24, 2.45) is 0 Å². The van der Waals surface area contributed by atoms with Crippen molar-refractivity contribution in [1.82, 2.24) is 14.9 Å². The number of nitrogens with zero attached hydrogens (tertiary/aromatic N) is 4. The second-order valence-corrected chi connectivity index (χ2v) is 6.11. The summed E-state index contributed by atoms with van der Waals surface area (Å²) in [5.41, 5.74) is 2.29. The molecule has 1 fully saturated rings. The zero-order valence-corrected chi connectivity index (χ0v) is 13.6. The van der Waals surface area contributed by atoms with Crippen LogP contribution in [0.25, 0.3) is 0 Å². The van der Waals surface area contributed by atoms with Gasteiger partial charge in [-0.2, -0.15) is 0 Å². The molecule has 2 rings (SSSR count). The van der Waals surface area contributed by atoms with Crippen LogP contribution in [0, 0.1) is 20.8 Å².